The van der Waals surface area contributed by atoms with Gasteiger partial charge in [0, 0.05) is 39.8 Å². The Morgan fingerprint density at radius 1 is 1.37 bits per heavy atom. The summed E-state index contributed by atoms with van der Waals surface area (Å²) in [4.78, 5) is 19.9. The van der Waals surface area contributed by atoms with Crippen LogP contribution in [0.4, 0.5) is 10.1 Å². The number of benzene rings is 1. The van der Waals surface area contributed by atoms with Crippen molar-refractivity contribution in [3.8, 4) is 0 Å². The third kappa shape index (κ3) is 6.73. The van der Waals surface area contributed by atoms with Crippen molar-refractivity contribution < 1.29 is 9.18 Å². The molecular formula is C20H32FN5O. The summed E-state index contributed by atoms with van der Waals surface area (Å²) in [6.07, 6.45) is 4.08. The molecule has 1 aliphatic rings. The number of hydrogen-bond acceptors (Lipinski definition) is 3. The fourth-order valence-electron chi connectivity index (χ4n) is 3.04. The maximum atomic E-state index is 14.1. The van der Waals surface area contributed by atoms with E-state index in [4.69, 9.17) is 0 Å². The number of rotatable bonds is 7. The van der Waals surface area contributed by atoms with Crippen LogP contribution in [0.2, 0.25) is 0 Å². The van der Waals surface area contributed by atoms with Gasteiger partial charge in [-0.15, -0.1) is 0 Å². The van der Waals surface area contributed by atoms with Crippen molar-refractivity contribution in [1.82, 2.24) is 15.5 Å². The molecule has 1 heterocycles. The van der Waals surface area contributed by atoms with Gasteiger partial charge in [-0.1, -0.05) is 25.5 Å². The molecule has 2 N–H and O–H groups in total. The number of nitrogens with one attached hydrogen (secondary N) is 2. The summed E-state index contributed by atoms with van der Waals surface area (Å²) in [6.45, 7) is 4.60. The van der Waals surface area contributed by atoms with Crippen LogP contribution in [0, 0.1) is 5.82 Å². The summed E-state index contributed by atoms with van der Waals surface area (Å²) in [7, 11) is 3.45. The third-order valence-electron chi connectivity index (χ3n) is 4.65. The van der Waals surface area contributed by atoms with E-state index in [-0.39, 0.29) is 24.3 Å². The average molecular weight is 378 g/mol. The normalized spacial score (nSPS) is 17.6. The van der Waals surface area contributed by atoms with Gasteiger partial charge in [-0.05, 0) is 31.4 Å². The van der Waals surface area contributed by atoms with Crippen LogP contribution >= 0.6 is 0 Å². The van der Waals surface area contributed by atoms with Gasteiger partial charge < -0.3 is 20.4 Å². The lowest BCUT2D eigenvalue weighted by atomic mass is 10.0. The van der Waals surface area contributed by atoms with E-state index in [9.17, 15) is 9.18 Å². The number of halogens is 1. The summed E-state index contributed by atoms with van der Waals surface area (Å²) in [5.41, 5.74) is 0.643. The smallest absolute Gasteiger partial charge is 0.243 e. The molecule has 0 aliphatic carbocycles. The van der Waals surface area contributed by atoms with Crippen molar-refractivity contribution in [2.24, 2.45) is 4.99 Å². The lowest BCUT2D eigenvalue weighted by Gasteiger charge is -2.35. The van der Waals surface area contributed by atoms with Crippen LogP contribution in [0.25, 0.3) is 0 Å². The molecule has 0 aromatic heterocycles. The monoisotopic (exact) mass is 377 g/mol. The maximum absolute atomic E-state index is 14.1. The van der Waals surface area contributed by atoms with E-state index in [1.165, 1.54) is 11.0 Å². The fourth-order valence-corrected chi connectivity index (χ4v) is 3.04. The molecule has 150 valence electrons. The highest BCUT2D eigenvalue weighted by atomic mass is 19.1. The average Bonchev–Trinajstić information content (AvgIpc) is 2.66. The number of anilines is 1. The molecule has 1 aromatic rings. The number of unbranched alkanes of at least 4 members (excludes halogenated alkanes) is 1. The van der Waals surface area contributed by atoms with Gasteiger partial charge in [0.1, 0.15) is 12.4 Å². The summed E-state index contributed by atoms with van der Waals surface area (Å²) < 4.78 is 14.1. The molecule has 1 fully saturated rings. The Hall–Kier alpha value is -2.31. The van der Waals surface area contributed by atoms with E-state index in [2.05, 4.69) is 27.4 Å². The van der Waals surface area contributed by atoms with Gasteiger partial charge in [0.15, 0.2) is 5.96 Å². The van der Waals surface area contributed by atoms with Crippen molar-refractivity contribution in [3.63, 3.8) is 0 Å². The van der Waals surface area contributed by atoms with E-state index in [0.29, 0.717) is 18.2 Å². The molecule has 27 heavy (non-hydrogen) atoms. The van der Waals surface area contributed by atoms with Crippen molar-refractivity contribution in [1.29, 1.82) is 0 Å². The van der Waals surface area contributed by atoms with E-state index in [1.807, 2.05) is 12.1 Å². The van der Waals surface area contributed by atoms with Gasteiger partial charge in [0.2, 0.25) is 5.91 Å². The summed E-state index contributed by atoms with van der Waals surface area (Å²) in [6, 6.07) is 7.05. The second kappa shape index (κ2) is 10.7. The van der Waals surface area contributed by atoms with Crippen LogP contribution in [0.1, 0.15) is 32.6 Å². The van der Waals surface area contributed by atoms with Crippen molar-refractivity contribution in [2.45, 2.75) is 38.6 Å². The van der Waals surface area contributed by atoms with Gasteiger partial charge >= 0.3 is 0 Å². The number of carbonyl (C=O) groups excluding carboxylic acids is 1. The number of amides is 1. The SMILES string of the molecule is CCCCNC(=NCC(=O)N(C)C)NC1CCCN(c2ccccc2F)C1. The minimum atomic E-state index is -0.190. The fraction of sp³-hybridized carbons (Fsp3) is 0.600. The third-order valence-corrected chi connectivity index (χ3v) is 4.65. The van der Waals surface area contributed by atoms with Crippen molar-refractivity contribution >= 4 is 17.6 Å². The Labute approximate surface area is 161 Å². The molecule has 6 nitrogen and oxygen atoms in total. The van der Waals surface area contributed by atoms with Gasteiger partial charge in [-0.2, -0.15) is 0 Å². The Balaban J connectivity index is 2.00. The lowest BCUT2D eigenvalue weighted by molar-refractivity contribution is -0.127. The highest BCUT2D eigenvalue weighted by Gasteiger charge is 2.22. The number of carbonyl (C=O) groups is 1. The topological polar surface area (TPSA) is 60.0 Å². The zero-order valence-corrected chi connectivity index (χ0v) is 16.7. The van der Waals surface area contributed by atoms with Crippen LogP contribution in [0.5, 0.6) is 0 Å². The van der Waals surface area contributed by atoms with E-state index in [1.54, 1.807) is 20.2 Å². The predicted octanol–water partition coefficient (Wildman–Crippen LogP) is 2.22. The van der Waals surface area contributed by atoms with Gasteiger partial charge in [0.25, 0.3) is 0 Å². The minimum Gasteiger partial charge on any atom is -0.367 e. The Bertz CT molecular complexity index is 635. The van der Waals surface area contributed by atoms with E-state index in [0.717, 1.165) is 38.8 Å². The maximum Gasteiger partial charge on any atom is 0.243 e. The van der Waals surface area contributed by atoms with E-state index >= 15 is 0 Å². The second-order valence-corrected chi connectivity index (χ2v) is 7.11. The van der Waals surface area contributed by atoms with E-state index < -0.39 is 0 Å². The highest BCUT2D eigenvalue weighted by Crippen LogP contribution is 2.22. The number of guanidine groups is 1. The molecule has 1 aliphatic heterocycles. The molecule has 0 spiro atoms. The largest absolute Gasteiger partial charge is 0.367 e. The molecule has 1 atom stereocenters. The van der Waals surface area contributed by atoms with Crippen LogP contribution in [0.15, 0.2) is 29.3 Å². The van der Waals surface area contributed by atoms with Crippen LogP contribution in [0.3, 0.4) is 0 Å². The second-order valence-electron chi connectivity index (χ2n) is 7.11. The number of piperidine rings is 1. The molecule has 0 radical (unpaired) electrons. The number of aliphatic imine (C=N–C) groups is 1. The molecule has 7 heteroatoms. The highest BCUT2D eigenvalue weighted by molar-refractivity contribution is 5.85. The molecule has 1 saturated heterocycles. The Morgan fingerprint density at radius 3 is 2.85 bits per heavy atom. The quantitative estimate of drug-likeness (QED) is 0.435. The van der Waals surface area contributed by atoms with Gasteiger partial charge in [-0.3, -0.25) is 4.79 Å². The number of hydrogen-bond donors (Lipinski definition) is 2. The first-order chi connectivity index (χ1) is 13.0. The number of nitrogens with zero attached hydrogens (tertiary/aromatic N) is 3. The van der Waals surface area contributed by atoms with Crippen molar-refractivity contribution in [3.05, 3.63) is 30.1 Å². The van der Waals surface area contributed by atoms with Crippen molar-refractivity contribution in [2.75, 3.05) is 45.2 Å². The van der Waals surface area contributed by atoms with Gasteiger partial charge in [-0.25, -0.2) is 9.38 Å². The first-order valence-corrected chi connectivity index (χ1v) is 9.75. The minimum absolute atomic E-state index is 0.0387. The van der Waals surface area contributed by atoms with Gasteiger partial charge in [0.05, 0.1) is 5.69 Å². The Kier molecular flexibility index (Phi) is 8.36. The predicted molar refractivity (Wildman–Crippen MR) is 109 cm³/mol. The molecule has 1 aromatic carbocycles. The molecule has 0 saturated carbocycles. The molecular weight excluding hydrogens is 345 g/mol. The van der Waals surface area contributed by atoms with Crippen LogP contribution < -0.4 is 15.5 Å². The summed E-state index contributed by atoms with van der Waals surface area (Å²) >= 11 is 0. The first-order valence-electron chi connectivity index (χ1n) is 9.75. The molecule has 1 unspecified atom stereocenters. The summed E-state index contributed by atoms with van der Waals surface area (Å²) in [5, 5.41) is 6.74. The standard InChI is InChI=1S/C20H32FN5O/c1-4-5-12-22-20(23-14-19(27)25(2)3)24-16-9-8-13-26(15-16)18-11-7-6-10-17(18)21/h6-7,10-11,16H,4-5,8-9,12-15H2,1-3H3,(H2,22,23,24). The lowest BCUT2D eigenvalue weighted by Crippen LogP contribution is -2.51. The number of para-hydroxylation sites is 1. The molecule has 2 rings (SSSR count). The zero-order chi connectivity index (χ0) is 19.6. The number of likely N-dealkylation sites (N-methyl/N-ethyl adjacent to an activating group) is 1. The van der Waals surface area contributed by atoms with Crippen LogP contribution in [-0.2, 0) is 4.79 Å². The Morgan fingerprint density at radius 2 is 2.15 bits per heavy atom. The van der Waals surface area contributed by atoms with Crippen LogP contribution in [-0.4, -0.2) is 63.1 Å². The molecule has 1 amide bonds. The summed E-state index contributed by atoms with van der Waals surface area (Å²) in [5.74, 6) is 0.423. The first kappa shape index (κ1) is 21.0. The molecule has 0 bridgehead atoms. The zero-order valence-electron chi connectivity index (χ0n) is 16.7.